The minimum Gasteiger partial charge on any atom is -0.381 e. The van der Waals surface area contributed by atoms with Gasteiger partial charge >= 0.3 is 5.76 Å². The van der Waals surface area contributed by atoms with E-state index in [0.717, 1.165) is 17.7 Å². The average Bonchev–Trinajstić information content (AvgIpc) is 2.47. The Morgan fingerprint density at radius 3 is 2.05 bits per heavy atom. The van der Waals surface area contributed by atoms with E-state index >= 15 is 0 Å². The molecule has 0 aromatic heterocycles. The highest BCUT2D eigenvalue weighted by Gasteiger charge is 2.26. The SMILES string of the molecule is O=S(=O)(c1ccc(NCc2ccc(F)cc2)cc1)C(F)F. The van der Waals surface area contributed by atoms with E-state index in [2.05, 4.69) is 5.32 Å². The molecule has 0 spiro atoms. The van der Waals surface area contributed by atoms with E-state index in [1.54, 1.807) is 12.1 Å². The zero-order valence-electron chi connectivity index (χ0n) is 10.8. The second-order valence-electron chi connectivity index (χ2n) is 4.31. The van der Waals surface area contributed by atoms with Crippen LogP contribution in [-0.4, -0.2) is 14.2 Å². The lowest BCUT2D eigenvalue weighted by Gasteiger charge is -2.08. The standard InChI is InChI=1S/C14H12F3NO2S/c15-11-3-1-10(2-4-11)9-18-12-5-7-13(8-6-12)21(19,20)14(16)17/h1-8,14,18H,9H2. The second-order valence-corrected chi connectivity index (χ2v) is 6.23. The number of anilines is 1. The number of hydrogen-bond donors (Lipinski definition) is 1. The number of halogens is 3. The third-order valence-corrected chi connectivity index (χ3v) is 4.23. The van der Waals surface area contributed by atoms with Gasteiger partial charge in [0.2, 0.25) is 9.84 Å². The molecule has 0 saturated carbocycles. The van der Waals surface area contributed by atoms with Crippen LogP contribution in [0.25, 0.3) is 0 Å². The van der Waals surface area contributed by atoms with Crippen molar-refractivity contribution in [3.63, 3.8) is 0 Å². The Hall–Kier alpha value is -2.02. The van der Waals surface area contributed by atoms with E-state index in [4.69, 9.17) is 0 Å². The molecule has 0 unspecified atom stereocenters. The number of rotatable bonds is 5. The van der Waals surface area contributed by atoms with Gasteiger partial charge in [0.05, 0.1) is 4.90 Å². The summed E-state index contributed by atoms with van der Waals surface area (Å²) in [6.07, 6.45) is 0. The van der Waals surface area contributed by atoms with Gasteiger partial charge in [-0.1, -0.05) is 12.1 Å². The molecule has 21 heavy (non-hydrogen) atoms. The summed E-state index contributed by atoms with van der Waals surface area (Å²) in [5.41, 5.74) is 1.41. The Kier molecular flexibility index (Phi) is 4.52. The zero-order valence-corrected chi connectivity index (χ0v) is 11.6. The Labute approximate surface area is 120 Å². The first-order valence-electron chi connectivity index (χ1n) is 6.00. The van der Waals surface area contributed by atoms with Crippen molar-refractivity contribution in [2.24, 2.45) is 0 Å². The quantitative estimate of drug-likeness (QED) is 0.919. The molecule has 2 rings (SSSR count). The van der Waals surface area contributed by atoms with E-state index < -0.39 is 20.5 Å². The summed E-state index contributed by atoms with van der Waals surface area (Å²) in [6.45, 7) is 0.404. The maximum atomic E-state index is 12.7. The molecule has 3 nitrogen and oxygen atoms in total. The van der Waals surface area contributed by atoms with Gasteiger partial charge in [-0.05, 0) is 42.0 Å². The maximum Gasteiger partial charge on any atom is 0.341 e. The van der Waals surface area contributed by atoms with Crippen LogP contribution < -0.4 is 5.32 Å². The summed E-state index contributed by atoms with van der Waals surface area (Å²) in [4.78, 5) is -0.426. The van der Waals surface area contributed by atoms with Crippen molar-refractivity contribution in [3.8, 4) is 0 Å². The molecule has 0 aliphatic carbocycles. The molecular formula is C14H12F3NO2S. The molecule has 2 aromatic rings. The van der Waals surface area contributed by atoms with Gasteiger partial charge < -0.3 is 5.32 Å². The lowest BCUT2D eigenvalue weighted by Crippen LogP contribution is -2.11. The Morgan fingerprint density at radius 1 is 0.952 bits per heavy atom. The molecule has 0 fully saturated rings. The van der Waals surface area contributed by atoms with Crippen LogP contribution in [0.1, 0.15) is 5.56 Å². The van der Waals surface area contributed by atoms with Crippen LogP contribution in [-0.2, 0) is 16.4 Å². The molecule has 0 saturated heterocycles. The molecule has 112 valence electrons. The third kappa shape index (κ3) is 3.75. The molecule has 0 atom stereocenters. The van der Waals surface area contributed by atoms with Gasteiger partial charge in [-0.2, -0.15) is 8.78 Å². The van der Waals surface area contributed by atoms with Crippen LogP contribution in [0.4, 0.5) is 18.9 Å². The summed E-state index contributed by atoms with van der Waals surface area (Å²) >= 11 is 0. The molecule has 1 N–H and O–H groups in total. The van der Waals surface area contributed by atoms with Crippen LogP contribution in [0.2, 0.25) is 0 Å². The van der Waals surface area contributed by atoms with E-state index in [1.165, 1.54) is 24.3 Å². The average molecular weight is 315 g/mol. The fourth-order valence-electron chi connectivity index (χ4n) is 1.67. The van der Waals surface area contributed by atoms with Gasteiger partial charge in [0, 0.05) is 12.2 Å². The number of sulfone groups is 1. The van der Waals surface area contributed by atoms with Crippen molar-refractivity contribution in [2.75, 3.05) is 5.32 Å². The smallest absolute Gasteiger partial charge is 0.341 e. The minimum atomic E-state index is -4.57. The first kappa shape index (κ1) is 15.4. The number of hydrogen-bond acceptors (Lipinski definition) is 3. The van der Waals surface area contributed by atoms with Gasteiger partial charge in [0.25, 0.3) is 0 Å². The van der Waals surface area contributed by atoms with Crippen molar-refractivity contribution in [1.82, 2.24) is 0 Å². The predicted octanol–water partition coefficient (Wildman–Crippen LogP) is 3.43. The largest absolute Gasteiger partial charge is 0.381 e. The molecule has 0 amide bonds. The van der Waals surface area contributed by atoms with Gasteiger partial charge in [-0.15, -0.1) is 0 Å². The topological polar surface area (TPSA) is 46.2 Å². The van der Waals surface area contributed by atoms with Gasteiger partial charge in [-0.25, -0.2) is 12.8 Å². The van der Waals surface area contributed by atoms with Crippen molar-refractivity contribution in [1.29, 1.82) is 0 Å². The van der Waals surface area contributed by atoms with Gasteiger partial charge in [0.1, 0.15) is 5.82 Å². The number of benzene rings is 2. The summed E-state index contributed by atoms with van der Waals surface area (Å²) in [6, 6.07) is 10.9. The minimum absolute atomic E-state index is 0.333. The molecule has 0 aliphatic rings. The van der Waals surface area contributed by atoms with E-state index in [-0.39, 0.29) is 5.82 Å². The lowest BCUT2D eigenvalue weighted by molar-refractivity contribution is 0.234. The number of alkyl halides is 2. The summed E-state index contributed by atoms with van der Waals surface area (Å²) in [7, 11) is -4.57. The highest BCUT2D eigenvalue weighted by Crippen LogP contribution is 2.20. The van der Waals surface area contributed by atoms with Crippen molar-refractivity contribution >= 4 is 15.5 Å². The van der Waals surface area contributed by atoms with Crippen molar-refractivity contribution in [2.45, 2.75) is 17.2 Å². The Balaban J connectivity index is 2.05. The summed E-state index contributed by atoms with van der Waals surface area (Å²) < 4.78 is 60.0. The maximum absolute atomic E-state index is 12.7. The normalized spacial score (nSPS) is 11.6. The summed E-state index contributed by atoms with van der Waals surface area (Å²) in [5, 5.41) is 2.98. The molecule has 0 bridgehead atoms. The van der Waals surface area contributed by atoms with Crippen LogP contribution >= 0.6 is 0 Å². The molecule has 2 aromatic carbocycles. The molecule has 0 aliphatic heterocycles. The monoisotopic (exact) mass is 315 g/mol. The molecular weight excluding hydrogens is 303 g/mol. The van der Waals surface area contributed by atoms with Gasteiger partial charge in [-0.3, -0.25) is 0 Å². The highest BCUT2D eigenvalue weighted by molar-refractivity contribution is 7.91. The van der Waals surface area contributed by atoms with Crippen molar-refractivity contribution in [3.05, 3.63) is 59.9 Å². The Bertz CT molecular complexity index is 698. The lowest BCUT2D eigenvalue weighted by atomic mass is 10.2. The zero-order chi connectivity index (χ0) is 15.5. The van der Waals surface area contributed by atoms with Crippen molar-refractivity contribution < 1.29 is 21.6 Å². The first-order chi connectivity index (χ1) is 9.89. The first-order valence-corrected chi connectivity index (χ1v) is 7.54. The number of nitrogens with one attached hydrogen (secondary N) is 1. The van der Waals surface area contributed by atoms with E-state index in [9.17, 15) is 21.6 Å². The van der Waals surface area contributed by atoms with E-state index in [0.29, 0.717) is 12.2 Å². The predicted molar refractivity (Wildman–Crippen MR) is 73.4 cm³/mol. The molecule has 0 heterocycles. The third-order valence-electron chi connectivity index (χ3n) is 2.83. The van der Waals surface area contributed by atoms with Crippen LogP contribution in [0.15, 0.2) is 53.4 Å². The highest BCUT2D eigenvalue weighted by atomic mass is 32.2. The molecule has 7 heteroatoms. The van der Waals surface area contributed by atoms with Crippen LogP contribution in [0.5, 0.6) is 0 Å². The fourth-order valence-corrected chi connectivity index (χ4v) is 2.39. The van der Waals surface area contributed by atoms with Gasteiger partial charge in [0.15, 0.2) is 0 Å². The molecule has 0 radical (unpaired) electrons. The summed E-state index contributed by atoms with van der Waals surface area (Å²) in [5.74, 6) is -3.77. The fraction of sp³-hybridized carbons (Fsp3) is 0.143. The van der Waals surface area contributed by atoms with Crippen LogP contribution in [0.3, 0.4) is 0 Å². The van der Waals surface area contributed by atoms with E-state index in [1.807, 2.05) is 0 Å². The Morgan fingerprint density at radius 2 is 1.52 bits per heavy atom. The second kappa shape index (κ2) is 6.17. The van der Waals surface area contributed by atoms with Crippen LogP contribution in [0, 0.1) is 5.82 Å².